The maximum atomic E-state index is 12.6. The first-order chi connectivity index (χ1) is 9.79. The van der Waals surface area contributed by atoms with Crippen molar-refractivity contribution < 1.29 is 4.79 Å². The summed E-state index contributed by atoms with van der Waals surface area (Å²) in [6.07, 6.45) is 6.98. The van der Waals surface area contributed by atoms with Crippen molar-refractivity contribution in [3.63, 3.8) is 0 Å². The van der Waals surface area contributed by atoms with Gasteiger partial charge < -0.3 is 9.47 Å². The Labute approximate surface area is 119 Å². The first-order valence-electron chi connectivity index (χ1n) is 7.13. The standard InChI is InChI=1S/C16H19N3O/c1-2-14-15-6-4-8-18(15)9-10-19(14)16(20)11-13-5-3-7-17-12-13/h3-8,12,14H,2,9-11H2,1H3/t14-/m1/s1. The van der Waals surface area contributed by atoms with Gasteiger partial charge in [-0.1, -0.05) is 13.0 Å². The summed E-state index contributed by atoms with van der Waals surface area (Å²) in [6, 6.07) is 8.22. The van der Waals surface area contributed by atoms with Gasteiger partial charge in [0.1, 0.15) is 0 Å². The maximum Gasteiger partial charge on any atom is 0.227 e. The van der Waals surface area contributed by atoms with E-state index in [1.807, 2.05) is 17.0 Å². The van der Waals surface area contributed by atoms with Crippen LogP contribution < -0.4 is 0 Å². The van der Waals surface area contributed by atoms with E-state index in [1.165, 1.54) is 5.69 Å². The molecule has 2 aromatic heterocycles. The van der Waals surface area contributed by atoms with Crippen molar-refractivity contribution in [3.05, 3.63) is 54.1 Å². The second-order valence-corrected chi connectivity index (χ2v) is 5.18. The van der Waals surface area contributed by atoms with E-state index in [1.54, 1.807) is 12.4 Å². The van der Waals surface area contributed by atoms with E-state index in [4.69, 9.17) is 0 Å². The molecule has 4 nitrogen and oxygen atoms in total. The Kier molecular flexibility index (Phi) is 3.54. The molecule has 104 valence electrons. The lowest BCUT2D eigenvalue weighted by Gasteiger charge is -2.36. The summed E-state index contributed by atoms with van der Waals surface area (Å²) in [5, 5.41) is 0. The zero-order valence-corrected chi connectivity index (χ0v) is 11.7. The highest BCUT2D eigenvalue weighted by molar-refractivity contribution is 5.79. The molecule has 1 amide bonds. The van der Waals surface area contributed by atoms with Crippen molar-refractivity contribution in [2.24, 2.45) is 0 Å². The van der Waals surface area contributed by atoms with Gasteiger partial charge in [0, 0.05) is 37.4 Å². The van der Waals surface area contributed by atoms with Gasteiger partial charge in [0.25, 0.3) is 0 Å². The van der Waals surface area contributed by atoms with Crippen molar-refractivity contribution in [1.29, 1.82) is 0 Å². The van der Waals surface area contributed by atoms with Crippen LogP contribution in [0, 0.1) is 0 Å². The highest BCUT2D eigenvalue weighted by atomic mass is 16.2. The number of fused-ring (bicyclic) bond motifs is 1. The summed E-state index contributed by atoms with van der Waals surface area (Å²) >= 11 is 0. The van der Waals surface area contributed by atoms with Crippen LogP contribution in [0.4, 0.5) is 0 Å². The number of rotatable bonds is 3. The minimum absolute atomic E-state index is 0.192. The maximum absolute atomic E-state index is 12.6. The third-order valence-corrected chi connectivity index (χ3v) is 3.95. The fourth-order valence-corrected chi connectivity index (χ4v) is 2.97. The molecule has 1 aliphatic heterocycles. The van der Waals surface area contributed by atoms with Crippen LogP contribution in [-0.2, 0) is 17.8 Å². The van der Waals surface area contributed by atoms with Crippen molar-refractivity contribution in [2.45, 2.75) is 32.4 Å². The molecule has 0 fully saturated rings. The first-order valence-corrected chi connectivity index (χ1v) is 7.13. The van der Waals surface area contributed by atoms with Crippen molar-refractivity contribution in [3.8, 4) is 0 Å². The number of hydrogen-bond donors (Lipinski definition) is 0. The fraction of sp³-hybridized carbons (Fsp3) is 0.375. The third kappa shape index (κ3) is 2.33. The Morgan fingerprint density at radius 3 is 3.00 bits per heavy atom. The molecule has 0 unspecified atom stereocenters. The number of nitrogens with zero attached hydrogens (tertiary/aromatic N) is 3. The monoisotopic (exact) mass is 269 g/mol. The molecular weight excluding hydrogens is 250 g/mol. The average molecular weight is 269 g/mol. The van der Waals surface area contributed by atoms with Gasteiger partial charge in [-0.2, -0.15) is 0 Å². The second kappa shape index (κ2) is 5.49. The smallest absolute Gasteiger partial charge is 0.227 e. The minimum Gasteiger partial charge on any atom is -0.348 e. The van der Waals surface area contributed by atoms with Crippen LogP contribution in [0.15, 0.2) is 42.9 Å². The van der Waals surface area contributed by atoms with E-state index in [0.717, 1.165) is 25.1 Å². The van der Waals surface area contributed by atoms with E-state index >= 15 is 0 Å². The van der Waals surface area contributed by atoms with Gasteiger partial charge in [0.05, 0.1) is 12.5 Å². The molecule has 20 heavy (non-hydrogen) atoms. The van der Waals surface area contributed by atoms with Crippen LogP contribution in [0.5, 0.6) is 0 Å². The number of carbonyl (C=O) groups excluding carboxylic acids is 1. The largest absolute Gasteiger partial charge is 0.348 e. The number of aromatic nitrogens is 2. The highest BCUT2D eigenvalue weighted by Gasteiger charge is 2.29. The molecule has 3 rings (SSSR count). The summed E-state index contributed by atoms with van der Waals surface area (Å²) < 4.78 is 2.25. The van der Waals surface area contributed by atoms with Gasteiger partial charge in [0.15, 0.2) is 0 Å². The van der Waals surface area contributed by atoms with Crippen molar-refractivity contribution in [1.82, 2.24) is 14.5 Å². The Balaban J connectivity index is 1.78. The van der Waals surface area contributed by atoms with Gasteiger partial charge in [-0.15, -0.1) is 0 Å². The molecular formula is C16H19N3O. The Bertz CT molecular complexity index is 591. The summed E-state index contributed by atoms with van der Waals surface area (Å²) in [4.78, 5) is 18.6. The normalized spacial score (nSPS) is 17.9. The molecule has 0 saturated carbocycles. The number of pyridine rings is 1. The van der Waals surface area contributed by atoms with Gasteiger partial charge >= 0.3 is 0 Å². The van der Waals surface area contributed by atoms with E-state index in [9.17, 15) is 4.79 Å². The quantitative estimate of drug-likeness (QED) is 0.858. The molecule has 2 aromatic rings. The van der Waals surface area contributed by atoms with E-state index in [2.05, 4.69) is 34.8 Å². The summed E-state index contributed by atoms with van der Waals surface area (Å²) in [7, 11) is 0. The molecule has 1 aliphatic rings. The lowest BCUT2D eigenvalue weighted by molar-refractivity contribution is -0.134. The molecule has 0 bridgehead atoms. The van der Waals surface area contributed by atoms with E-state index in [-0.39, 0.29) is 11.9 Å². The van der Waals surface area contributed by atoms with Gasteiger partial charge in [0.2, 0.25) is 5.91 Å². The Hall–Kier alpha value is -2.10. The van der Waals surface area contributed by atoms with Crippen LogP contribution in [0.2, 0.25) is 0 Å². The lowest BCUT2D eigenvalue weighted by atomic mass is 10.1. The lowest BCUT2D eigenvalue weighted by Crippen LogP contribution is -2.42. The van der Waals surface area contributed by atoms with Gasteiger partial charge in [-0.3, -0.25) is 9.78 Å². The third-order valence-electron chi connectivity index (χ3n) is 3.95. The summed E-state index contributed by atoms with van der Waals surface area (Å²) in [5.41, 5.74) is 2.23. The van der Waals surface area contributed by atoms with E-state index < -0.39 is 0 Å². The van der Waals surface area contributed by atoms with Gasteiger partial charge in [-0.25, -0.2) is 0 Å². The molecule has 0 spiro atoms. The SMILES string of the molecule is CC[C@@H]1c2cccn2CCN1C(=O)Cc1cccnc1. The van der Waals surface area contributed by atoms with Crippen LogP contribution >= 0.6 is 0 Å². The Morgan fingerprint density at radius 2 is 2.25 bits per heavy atom. The average Bonchev–Trinajstić information content (AvgIpc) is 2.95. The fourth-order valence-electron chi connectivity index (χ4n) is 2.97. The molecule has 0 N–H and O–H groups in total. The molecule has 3 heterocycles. The zero-order chi connectivity index (χ0) is 13.9. The molecule has 4 heteroatoms. The summed E-state index contributed by atoms with van der Waals surface area (Å²) in [5.74, 6) is 0.192. The van der Waals surface area contributed by atoms with E-state index in [0.29, 0.717) is 6.42 Å². The number of carbonyl (C=O) groups is 1. The molecule has 0 aromatic carbocycles. The molecule has 0 radical (unpaired) electrons. The molecule has 1 atom stereocenters. The summed E-state index contributed by atoms with van der Waals surface area (Å²) in [6.45, 7) is 3.81. The van der Waals surface area contributed by atoms with Crippen molar-refractivity contribution in [2.75, 3.05) is 6.54 Å². The molecule has 0 aliphatic carbocycles. The minimum atomic E-state index is 0.192. The predicted molar refractivity (Wildman–Crippen MR) is 77.1 cm³/mol. The van der Waals surface area contributed by atoms with Crippen LogP contribution in [-0.4, -0.2) is 26.9 Å². The zero-order valence-electron chi connectivity index (χ0n) is 11.7. The molecule has 0 saturated heterocycles. The van der Waals surface area contributed by atoms with Crippen LogP contribution in [0.1, 0.15) is 30.6 Å². The van der Waals surface area contributed by atoms with Crippen LogP contribution in [0.3, 0.4) is 0 Å². The second-order valence-electron chi connectivity index (χ2n) is 5.18. The Morgan fingerprint density at radius 1 is 1.35 bits per heavy atom. The van der Waals surface area contributed by atoms with Crippen LogP contribution in [0.25, 0.3) is 0 Å². The topological polar surface area (TPSA) is 38.1 Å². The predicted octanol–water partition coefficient (Wildman–Crippen LogP) is 2.42. The highest BCUT2D eigenvalue weighted by Crippen LogP contribution is 2.29. The number of amides is 1. The number of hydrogen-bond acceptors (Lipinski definition) is 2. The van der Waals surface area contributed by atoms with Gasteiger partial charge in [-0.05, 0) is 30.2 Å². The van der Waals surface area contributed by atoms with Crippen molar-refractivity contribution >= 4 is 5.91 Å². The first kappa shape index (κ1) is 12.9.